The molecule has 12 nitrogen and oxygen atoms in total. The molecule has 10 unspecified atom stereocenters. The zero-order valence-electron chi connectivity index (χ0n) is 22.8. The van der Waals surface area contributed by atoms with Crippen LogP contribution in [0.5, 0.6) is 0 Å². The number of carbonyl (C=O) groups is 4. The Morgan fingerprint density at radius 1 is 1.10 bits per heavy atom. The molecule has 41 heavy (non-hydrogen) atoms. The van der Waals surface area contributed by atoms with Gasteiger partial charge in [0.1, 0.15) is 31.0 Å². The van der Waals surface area contributed by atoms with Crippen molar-refractivity contribution in [1.82, 2.24) is 0 Å². The number of rotatable bonds is 11. The van der Waals surface area contributed by atoms with Crippen molar-refractivity contribution in [3.8, 4) is 0 Å². The highest BCUT2D eigenvalue weighted by molar-refractivity contribution is 7.86. The molecular weight excluding hydrogens is 574 g/mol. The molecule has 4 bridgehead atoms. The number of hydrogen-bond acceptors (Lipinski definition) is 11. The Bertz CT molecular complexity index is 1220. The number of fused-ring (bicyclic) bond motifs is 3. The van der Waals surface area contributed by atoms with Gasteiger partial charge in [0.15, 0.2) is 6.10 Å². The van der Waals surface area contributed by atoms with E-state index in [-0.39, 0.29) is 17.8 Å². The maximum atomic E-state index is 13.7. The Morgan fingerprint density at radius 2 is 1.78 bits per heavy atom. The quantitative estimate of drug-likeness (QED) is 0.206. The molecule has 5 aliphatic rings. The van der Waals surface area contributed by atoms with E-state index in [1.165, 1.54) is 0 Å². The molecule has 0 aromatic heterocycles. The molecule has 0 spiro atoms. The fourth-order valence-electron chi connectivity index (χ4n) is 7.91. The summed E-state index contributed by atoms with van der Waals surface area (Å²) < 4.78 is 83.6. The summed E-state index contributed by atoms with van der Waals surface area (Å²) in [6, 6.07) is 0. The molecule has 0 aromatic rings. The summed E-state index contributed by atoms with van der Waals surface area (Å²) in [5.74, 6) is -4.76. The van der Waals surface area contributed by atoms with Gasteiger partial charge in [-0.3, -0.25) is 14.1 Å². The zero-order chi connectivity index (χ0) is 30.1. The molecule has 5 rings (SSSR count). The summed E-state index contributed by atoms with van der Waals surface area (Å²) in [5.41, 5.74) is -0.582. The molecule has 1 heterocycles. The third-order valence-electron chi connectivity index (χ3n) is 9.76. The van der Waals surface area contributed by atoms with Crippen LogP contribution in [0.2, 0.25) is 0 Å². The molecule has 15 heteroatoms. The standard InChI is InChI=1S/C26H34F2O12S/c1-11(2)25(8-13-4-5-14(25)6-13)40-24(32)20-16-7-15-19(20)23(31)39-22(15)21(16)38-18(30)10-36-9-17(29)37-12(3)26(27,28)41(33,34)35/h11-16,19-22H,4-10H2,1-3H3,(H,33,34,35). The molecule has 5 fully saturated rings. The summed E-state index contributed by atoms with van der Waals surface area (Å²) in [5, 5.41) is -4.75. The first-order valence-electron chi connectivity index (χ1n) is 13.8. The maximum absolute atomic E-state index is 13.7. The van der Waals surface area contributed by atoms with E-state index in [2.05, 4.69) is 4.74 Å². The second-order valence-electron chi connectivity index (χ2n) is 12.2. The van der Waals surface area contributed by atoms with Crippen molar-refractivity contribution in [3.05, 3.63) is 0 Å². The van der Waals surface area contributed by atoms with Crippen molar-refractivity contribution >= 4 is 34.0 Å². The minimum absolute atomic E-state index is 0.100. The summed E-state index contributed by atoms with van der Waals surface area (Å²) in [6.07, 6.45) is 0.200. The SMILES string of the molecule is CC(C)C1(OC(=O)C2C3CC4C(OC(=O)C42)C3OC(=O)COCC(=O)OC(C)C(F)(F)S(=O)(=O)O)CC2CCC1C2. The second kappa shape index (κ2) is 10.4. The van der Waals surface area contributed by atoms with E-state index in [1.807, 2.05) is 13.8 Å². The van der Waals surface area contributed by atoms with Crippen LogP contribution in [0.25, 0.3) is 0 Å². The first-order valence-corrected chi connectivity index (χ1v) is 15.3. The van der Waals surface area contributed by atoms with Gasteiger partial charge in [-0.2, -0.15) is 17.2 Å². The topological polar surface area (TPSA) is 169 Å². The van der Waals surface area contributed by atoms with Gasteiger partial charge in [-0.15, -0.1) is 0 Å². The van der Waals surface area contributed by atoms with Crippen molar-refractivity contribution < 1.29 is 64.6 Å². The molecular formula is C26H34F2O12S. The van der Waals surface area contributed by atoms with Gasteiger partial charge in [-0.25, -0.2) is 9.59 Å². The minimum Gasteiger partial charge on any atom is -0.458 e. The molecule has 1 aliphatic heterocycles. The number of hydrogen-bond donors (Lipinski definition) is 1. The zero-order valence-corrected chi connectivity index (χ0v) is 23.6. The fourth-order valence-corrected chi connectivity index (χ4v) is 8.38. The summed E-state index contributed by atoms with van der Waals surface area (Å²) in [4.78, 5) is 50.7. The largest absolute Gasteiger partial charge is 0.458 e. The lowest BCUT2D eigenvalue weighted by molar-refractivity contribution is -0.186. The number of alkyl halides is 2. The van der Waals surface area contributed by atoms with Crippen molar-refractivity contribution in [3.63, 3.8) is 0 Å². The lowest BCUT2D eigenvalue weighted by atomic mass is 9.75. The van der Waals surface area contributed by atoms with Crippen molar-refractivity contribution in [2.75, 3.05) is 13.2 Å². The fraction of sp³-hybridized carbons (Fsp3) is 0.846. The van der Waals surface area contributed by atoms with Gasteiger partial charge in [-0.05, 0) is 56.8 Å². The van der Waals surface area contributed by atoms with Gasteiger partial charge in [0, 0.05) is 11.8 Å². The average Bonchev–Trinajstić information content (AvgIpc) is 3.66. The molecule has 1 saturated heterocycles. The third-order valence-corrected chi connectivity index (χ3v) is 10.8. The van der Waals surface area contributed by atoms with E-state index >= 15 is 0 Å². The average molecular weight is 609 g/mol. The van der Waals surface area contributed by atoms with E-state index in [1.54, 1.807) is 0 Å². The Kier molecular flexibility index (Phi) is 7.63. The Morgan fingerprint density at radius 3 is 2.37 bits per heavy atom. The van der Waals surface area contributed by atoms with Crippen LogP contribution in [-0.2, 0) is 53.0 Å². The lowest BCUT2D eigenvalue weighted by Crippen LogP contribution is -2.50. The Balaban J connectivity index is 1.17. The normalized spacial score (nSPS) is 37.8. The van der Waals surface area contributed by atoms with Crippen LogP contribution in [0, 0.1) is 41.4 Å². The number of esters is 4. The second-order valence-corrected chi connectivity index (χ2v) is 13.7. The highest BCUT2D eigenvalue weighted by atomic mass is 32.2. The highest BCUT2D eigenvalue weighted by Gasteiger charge is 2.71. The number of halogens is 2. The first-order chi connectivity index (χ1) is 19.1. The van der Waals surface area contributed by atoms with E-state index < -0.39 is 94.1 Å². The van der Waals surface area contributed by atoms with E-state index in [0.717, 1.165) is 25.7 Å². The Labute approximate surface area is 235 Å². The van der Waals surface area contributed by atoms with Gasteiger partial charge >= 0.3 is 39.2 Å². The van der Waals surface area contributed by atoms with Crippen molar-refractivity contribution in [2.24, 2.45) is 41.4 Å². The van der Waals surface area contributed by atoms with E-state index in [0.29, 0.717) is 19.3 Å². The van der Waals surface area contributed by atoms with Gasteiger partial charge < -0.3 is 23.7 Å². The molecule has 4 aliphatic carbocycles. The molecule has 0 amide bonds. The van der Waals surface area contributed by atoms with Crippen molar-refractivity contribution in [2.45, 2.75) is 82.0 Å². The van der Waals surface area contributed by atoms with E-state index in [4.69, 9.17) is 23.5 Å². The van der Waals surface area contributed by atoms with Crippen LogP contribution < -0.4 is 0 Å². The monoisotopic (exact) mass is 608 g/mol. The number of ether oxygens (including phenoxy) is 5. The van der Waals surface area contributed by atoms with Gasteiger partial charge in [0.25, 0.3) is 0 Å². The first kappa shape index (κ1) is 30.1. The molecule has 10 atom stereocenters. The summed E-state index contributed by atoms with van der Waals surface area (Å²) in [6.45, 7) is 2.84. The van der Waals surface area contributed by atoms with Crippen LogP contribution in [0.15, 0.2) is 0 Å². The molecule has 1 N–H and O–H groups in total. The maximum Gasteiger partial charge on any atom is 0.405 e. The van der Waals surface area contributed by atoms with Gasteiger partial charge in [0.2, 0.25) is 0 Å². The number of carbonyl (C=O) groups excluding carboxylic acids is 4. The summed E-state index contributed by atoms with van der Waals surface area (Å²) in [7, 11) is -5.83. The predicted octanol–water partition coefficient (Wildman–Crippen LogP) is 1.89. The Hall–Kier alpha value is -2.39. The molecule has 230 valence electrons. The van der Waals surface area contributed by atoms with E-state index in [9.17, 15) is 36.4 Å². The molecule has 0 radical (unpaired) electrons. The minimum atomic E-state index is -5.83. The van der Waals surface area contributed by atoms with Crippen LogP contribution in [0.3, 0.4) is 0 Å². The highest BCUT2D eigenvalue weighted by Crippen LogP contribution is 2.61. The van der Waals surface area contributed by atoms with Gasteiger partial charge in [-0.1, -0.05) is 13.8 Å². The smallest absolute Gasteiger partial charge is 0.405 e. The summed E-state index contributed by atoms with van der Waals surface area (Å²) >= 11 is 0. The molecule has 4 saturated carbocycles. The van der Waals surface area contributed by atoms with Crippen LogP contribution in [0.1, 0.15) is 52.9 Å². The molecule has 0 aromatic carbocycles. The van der Waals surface area contributed by atoms with Crippen LogP contribution in [-0.4, -0.2) is 79.2 Å². The lowest BCUT2D eigenvalue weighted by Gasteiger charge is -2.42. The van der Waals surface area contributed by atoms with Crippen LogP contribution >= 0.6 is 0 Å². The third kappa shape index (κ3) is 5.01. The van der Waals surface area contributed by atoms with Gasteiger partial charge in [0.05, 0.1) is 11.8 Å². The predicted molar refractivity (Wildman–Crippen MR) is 130 cm³/mol. The van der Waals surface area contributed by atoms with Crippen LogP contribution in [0.4, 0.5) is 8.78 Å². The van der Waals surface area contributed by atoms with Crippen molar-refractivity contribution in [1.29, 1.82) is 0 Å².